The van der Waals surface area contributed by atoms with Crippen LogP contribution in [0.1, 0.15) is 18.4 Å². The van der Waals surface area contributed by atoms with Crippen molar-refractivity contribution < 1.29 is 4.79 Å². The van der Waals surface area contributed by atoms with Crippen molar-refractivity contribution in [1.29, 1.82) is 5.26 Å². The first-order valence-electron chi connectivity index (χ1n) is 4.99. The number of amides is 1. The molecule has 0 radical (unpaired) electrons. The van der Waals surface area contributed by atoms with Gasteiger partial charge in [0.05, 0.1) is 6.07 Å². The maximum atomic E-state index is 11.5. The predicted molar refractivity (Wildman–Crippen MR) is 65.5 cm³/mol. The average molecular weight is 281 g/mol. The van der Waals surface area contributed by atoms with Crippen LogP contribution in [0.4, 0.5) is 0 Å². The molecule has 0 aliphatic heterocycles. The molecule has 0 aliphatic carbocycles. The number of nitrogens with zero attached hydrogens (tertiary/aromatic N) is 2. The van der Waals surface area contributed by atoms with E-state index in [1.807, 2.05) is 30.3 Å². The van der Waals surface area contributed by atoms with Crippen LogP contribution in [0.5, 0.6) is 0 Å². The third-order valence-corrected chi connectivity index (χ3v) is 2.74. The number of hydrogen-bond donors (Lipinski definition) is 0. The molecule has 1 aromatic carbocycles. The Labute approximate surface area is 104 Å². The first-order chi connectivity index (χ1) is 7.63. The highest BCUT2D eigenvalue weighted by molar-refractivity contribution is 9.10. The Bertz CT molecular complexity index is 394. The fraction of sp³-hybridized carbons (Fsp3) is 0.333. The lowest BCUT2D eigenvalue weighted by molar-refractivity contribution is -0.130. The molecule has 0 aliphatic rings. The van der Waals surface area contributed by atoms with Gasteiger partial charge in [0.15, 0.2) is 0 Å². The van der Waals surface area contributed by atoms with E-state index < -0.39 is 0 Å². The van der Waals surface area contributed by atoms with Crippen LogP contribution in [-0.2, 0) is 11.3 Å². The van der Waals surface area contributed by atoms with Crippen molar-refractivity contribution in [2.45, 2.75) is 19.4 Å². The molecule has 0 bridgehead atoms. The van der Waals surface area contributed by atoms with E-state index in [9.17, 15) is 4.79 Å². The van der Waals surface area contributed by atoms with Crippen molar-refractivity contribution >= 4 is 21.8 Å². The van der Waals surface area contributed by atoms with E-state index in [-0.39, 0.29) is 12.3 Å². The molecule has 0 saturated heterocycles. The Kier molecular flexibility index (Phi) is 5.00. The summed E-state index contributed by atoms with van der Waals surface area (Å²) >= 11 is 3.36. The molecule has 16 heavy (non-hydrogen) atoms. The number of hydrogen-bond acceptors (Lipinski definition) is 2. The van der Waals surface area contributed by atoms with E-state index in [2.05, 4.69) is 15.9 Å². The number of carbonyl (C=O) groups excluding carboxylic acids is 1. The van der Waals surface area contributed by atoms with Gasteiger partial charge in [-0.2, -0.15) is 5.26 Å². The fourth-order valence-electron chi connectivity index (χ4n) is 1.31. The lowest BCUT2D eigenvalue weighted by atomic mass is 10.2. The largest absolute Gasteiger partial charge is 0.341 e. The van der Waals surface area contributed by atoms with E-state index in [0.717, 1.165) is 10.0 Å². The zero-order valence-electron chi connectivity index (χ0n) is 9.11. The molecule has 0 heterocycles. The highest BCUT2D eigenvalue weighted by atomic mass is 79.9. The summed E-state index contributed by atoms with van der Waals surface area (Å²) in [6.07, 6.45) is 0.576. The van der Waals surface area contributed by atoms with Gasteiger partial charge in [0.2, 0.25) is 5.91 Å². The summed E-state index contributed by atoms with van der Waals surface area (Å²) in [4.78, 5) is 13.2. The van der Waals surface area contributed by atoms with Crippen molar-refractivity contribution in [3.63, 3.8) is 0 Å². The van der Waals surface area contributed by atoms with Gasteiger partial charge >= 0.3 is 0 Å². The van der Waals surface area contributed by atoms with Gasteiger partial charge in [0, 0.05) is 30.9 Å². The average Bonchev–Trinajstić information content (AvgIpc) is 2.29. The number of rotatable bonds is 4. The van der Waals surface area contributed by atoms with Crippen LogP contribution in [-0.4, -0.2) is 17.9 Å². The summed E-state index contributed by atoms with van der Waals surface area (Å²) in [5, 5.41) is 8.39. The highest BCUT2D eigenvalue weighted by Gasteiger charge is 2.08. The molecule has 0 aromatic heterocycles. The van der Waals surface area contributed by atoms with Crippen LogP contribution in [0, 0.1) is 11.3 Å². The van der Waals surface area contributed by atoms with Crippen LogP contribution in [0.2, 0.25) is 0 Å². The second-order valence-electron chi connectivity index (χ2n) is 3.53. The monoisotopic (exact) mass is 280 g/mol. The Morgan fingerprint density at radius 1 is 1.44 bits per heavy atom. The fourth-order valence-corrected chi connectivity index (χ4v) is 1.57. The predicted octanol–water partition coefficient (Wildman–Crippen LogP) is 2.71. The third-order valence-electron chi connectivity index (χ3n) is 2.21. The lowest BCUT2D eigenvalue weighted by Gasteiger charge is -2.16. The summed E-state index contributed by atoms with van der Waals surface area (Å²) in [7, 11) is 1.75. The van der Waals surface area contributed by atoms with Crippen molar-refractivity contribution in [1.82, 2.24) is 4.90 Å². The van der Waals surface area contributed by atoms with E-state index in [4.69, 9.17) is 5.26 Å². The normalized spacial score (nSPS) is 9.56. The van der Waals surface area contributed by atoms with Crippen molar-refractivity contribution in [2.24, 2.45) is 0 Å². The first kappa shape index (κ1) is 12.7. The highest BCUT2D eigenvalue weighted by Crippen LogP contribution is 2.12. The number of nitriles is 1. The SMILES string of the molecule is CN(Cc1ccc(Br)cc1)C(=O)CCC#N. The maximum absolute atomic E-state index is 11.5. The van der Waals surface area contributed by atoms with E-state index in [1.54, 1.807) is 11.9 Å². The molecule has 0 atom stereocenters. The molecule has 1 aromatic rings. The molecular weight excluding hydrogens is 268 g/mol. The van der Waals surface area contributed by atoms with E-state index >= 15 is 0 Å². The van der Waals surface area contributed by atoms with Gasteiger partial charge < -0.3 is 4.90 Å². The van der Waals surface area contributed by atoms with Crippen LogP contribution in [0.3, 0.4) is 0 Å². The summed E-state index contributed by atoms with van der Waals surface area (Å²) in [6.45, 7) is 0.581. The molecule has 0 unspecified atom stereocenters. The van der Waals surface area contributed by atoms with Gasteiger partial charge in [-0.15, -0.1) is 0 Å². The lowest BCUT2D eigenvalue weighted by Crippen LogP contribution is -2.25. The third kappa shape index (κ3) is 4.03. The second-order valence-corrected chi connectivity index (χ2v) is 4.45. The summed E-state index contributed by atoms with van der Waals surface area (Å²) < 4.78 is 1.02. The first-order valence-corrected chi connectivity index (χ1v) is 5.78. The van der Waals surface area contributed by atoms with Gasteiger partial charge in [-0.05, 0) is 17.7 Å². The van der Waals surface area contributed by atoms with E-state index in [1.165, 1.54) is 0 Å². The van der Waals surface area contributed by atoms with Gasteiger partial charge in [-0.25, -0.2) is 0 Å². The Morgan fingerprint density at radius 2 is 2.06 bits per heavy atom. The smallest absolute Gasteiger partial charge is 0.223 e. The van der Waals surface area contributed by atoms with Crippen molar-refractivity contribution in [3.8, 4) is 6.07 Å². The van der Waals surface area contributed by atoms with Gasteiger partial charge in [0.25, 0.3) is 0 Å². The minimum absolute atomic E-state index is 0.00414. The number of carbonyl (C=O) groups is 1. The van der Waals surface area contributed by atoms with Crippen LogP contribution < -0.4 is 0 Å². The molecule has 0 saturated carbocycles. The molecule has 4 heteroatoms. The van der Waals surface area contributed by atoms with Gasteiger partial charge in [-0.3, -0.25) is 4.79 Å². The minimum Gasteiger partial charge on any atom is -0.341 e. The minimum atomic E-state index is 0.00414. The van der Waals surface area contributed by atoms with Crippen molar-refractivity contribution in [2.75, 3.05) is 7.05 Å². The standard InChI is InChI=1S/C12H13BrN2O/c1-15(12(16)3-2-8-14)9-10-4-6-11(13)7-5-10/h4-7H,2-3,9H2,1H3. The molecule has 0 N–H and O–H groups in total. The molecule has 1 amide bonds. The van der Waals surface area contributed by atoms with Gasteiger partial charge in [-0.1, -0.05) is 28.1 Å². The number of halogens is 1. The Balaban J connectivity index is 2.51. The zero-order valence-corrected chi connectivity index (χ0v) is 10.7. The maximum Gasteiger partial charge on any atom is 0.223 e. The summed E-state index contributed by atoms with van der Waals surface area (Å²) in [5.74, 6) is 0.00414. The van der Waals surface area contributed by atoms with Crippen molar-refractivity contribution in [3.05, 3.63) is 34.3 Å². The molecule has 0 spiro atoms. The zero-order chi connectivity index (χ0) is 12.0. The molecule has 84 valence electrons. The van der Waals surface area contributed by atoms with Crippen LogP contribution in [0.15, 0.2) is 28.7 Å². The molecular formula is C12H13BrN2O. The summed E-state index contributed by atoms with van der Waals surface area (Å²) in [5.41, 5.74) is 1.08. The van der Waals surface area contributed by atoms with Crippen LogP contribution in [0.25, 0.3) is 0 Å². The Morgan fingerprint density at radius 3 is 2.62 bits per heavy atom. The summed E-state index contributed by atoms with van der Waals surface area (Å²) in [6, 6.07) is 9.81. The molecule has 1 rings (SSSR count). The van der Waals surface area contributed by atoms with E-state index in [0.29, 0.717) is 13.0 Å². The topological polar surface area (TPSA) is 44.1 Å². The molecule has 3 nitrogen and oxygen atoms in total. The number of benzene rings is 1. The second kappa shape index (κ2) is 6.29. The van der Waals surface area contributed by atoms with Gasteiger partial charge in [0.1, 0.15) is 0 Å². The Hall–Kier alpha value is -1.34. The molecule has 0 fully saturated rings. The van der Waals surface area contributed by atoms with Crippen LogP contribution >= 0.6 is 15.9 Å². The quantitative estimate of drug-likeness (QED) is 0.851.